The highest BCUT2D eigenvalue weighted by Crippen LogP contribution is 2.30. The van der Waals surface area contributed by atoms with Gasteiger partial charge in [-0.3, -0.25) is 4.98 Å². The van der Waals surface area contributed by atoms with Crippen LogP contribution in [0.2, 0.25) is 0 Å². The van der Waals surface area contributed by atoms with E-state index in [0.29, 0.717) is 21.8 Å². The molecule has 130 valence electrons. The van der Waals surface area contributed by atoms with Crippen LogP contribution in [0.4, 0.5) is 19.6 Å². The first-order valence-electron chi connectivity index (χ1n) is 7.36. The SMILES string of the molecule is FC(F)Sc1ccc(Nc2nnc(SCCc3ccncc3)s2)cc1. The number of aryl methyl sites for hydroxylation is 1. The Balaban J connectivity index is 1.49. The molecule has 0 radical (unpaired) electrons. The predicted octanol–water partition coefficient (Wildman–Crippen LogP) is 5.33. The van der Waals surface area contributed by atoms with Crippen molar-refractivity contribution in [3.63, 3.8) is 0 Å². The van der Waals surface area contributed by atoms with Gasteiger partial charge in [0, 0.05) is 28.7 Å². The number of pyridine rings is 1. The first kappa shape index (κ1) is 18.1. The van der Waals surface area contributed by atoms with Crippen molar-refractivity contribution in [3.05, 3.63) is 54.4 Å². The lowest BCUT2D eigenvalue weighted by atomic mass is 10.2. The van der Waals surface area contributed by atoms with Crippen LogP contribution in [-0.2, 0) is 6.42 Å². The van der Waals surface area contributed by atoms with E-state index in [1.54, 1.807) is 48.4 Å². The van der Waals surface area contributed by atoms with E-state index >= 15 is 0 Å². The zero-order valence-corrected chi connectivity index (χ0v) is 15.4. The zero-order chi connectivity index (χ0) is 17.5. The summed E-state index contributed by atoms with van der Waals surface area (Å²) in [6.07, 6.45) is 4.52. The molecule has 9 heteroatoms. The van der Waals surface area contributed by atoms with Crippen LogP contribution in [0.15, 0.2) is 58.0 Å². The summed E-state index contributed by atoms with van der Waals surface area (Å²) in [4.78, 5) is 4.53. The highest BCUT2D eigenvalue weighted by Gasteiger charge is 2.07. The molecule has 0 aliphatic rings. The third-order valence-corrected chi connectivity index (χ3v) is 5.80. The Morgan fingerprint density at radius 2 is 1.80 bits per heavy atom. The summed E-state index contributed by atoms with van der Waals surface area (Å²) in [6, 6.07) is 10.8. The number of thioether (sulfide) groups is 2. The van der Waals surface area contributed by atoms with Crippen LogP contribution in [0.1, 0.15) is 5.56 Å². The molecule has 4 nitrogen and oxygen atoms in total. The van der Waals surface area contributed by atoms with Crippen LogP contribution >= 0.6 is 34.9 Å². The van der Waals surface area contributed by atoms with Crippen molar-refractivity contribution in [1.82, 2.24) is 15.2 Å². The summed E-state index contributed by atoms with van der Waals surface area (Å²) in [7, 11) is 0. The molecule has 1 N–H and O–H groups in total. The van der Waals surface area contributed by atoms with Gasteiger partial charge in [-0.25, -0.2) is 0 Å². The lowest BCUT2D eigenvalue weighted by Gasteiger charge is -2.03. The van der Waals surface area contributed by atoms with E-state index in [1.165, 1.54) is 16.9 Å². The van der Waals surface area contributed by atoms with Crippen LogP contribution in [0.25, 0.3) is 0 Å². The molecule has 3 aromatic rings. The molecule has 0 fully saturated rings. The Labute approximate surface area is 156 Å². The van der Waals surface area contributed by atoms with Crippen molar-refractivity contribution in [3.8, 4) is 0 Å². The average Bonchev–Trinajstić information content (AvgIpc) is 3.04. The molecular formula is C16H14F2N4S3. The molecule has 3 rings (SSSR count). The van der Waals surface area contributed by atoms with Crippen LogP contribution in [0, 0.1) is 0 Å². The summed E-state index contributed by atoms with van der Waals surface area (Å²) in [5, 5.41) is 12.1. The number of hydrogen-bond donors (Lipinski definition) is 1. The lowest BCUT2D eigenvalue weighted by Crippen LogP contribution is -1.89. The minimum atomic E-state index is -2.41. The molecule has 0 aliphatic heterocycles. The highest BCUT2D eigenvalue weighted by atomic mass is 32.2. The molecule has 2 aromatic heterocycles. The highest BCUT2D eigenvalue weighted by molar-refractivity contribution is 8.01. The van der Waals surface area contributed by atoms with E-state index < -0.39 is 5.76 Å². The second kappa shape index (κ2) is 9.12. The fourth-order valence-corrected chi connectivity index (χ4v) is 4.30. The van der Waals surface area contributed by atoms with Crippen LogP contribution < -0.4 is 5.32 Å². The summed E-state index contributed by atoms with van der Waals surface area (Å²) < 4.78 is 25.5. The Morgan fingerprint density at radius 3 is 2.52 bits per heavy atom. The number of halogens is 2. The van der Waals surface area contributed by atoms with Crippen molar-refractivity contribution in [2.24, 2.45) is 0 Å². The van der Waals surface area contributed by atoms with Gasteiger partial charge in [0.1, 0.15) is 0 Å². The molecule has 0 aliphatic carbocycles. The van der Waals surface area contributed by atoms with Gasteiger partial charge >= 0.3 is 0 Å². The molecule has 0 atom stereocenters. The Bertz CT molecular complexity index is 782. The van der Waals surface area contributed by atoms with Gasteiger partial charge in [-0.05, 0) is 48.4 Å². The number of nitrogens with zero attached hydrogens (tertiary/aromatic N) is 3. The predicted molar refractivity (Wildman–Crippen MR) is 100 cm³/mol. The second-order valence-electron chi connectivity index (χ2n) is 4.85. The van der Waals surface area contributed by atoms with Crippen LogP contribution in [0.5, 0.6) is 0 Å². The quantitative estimate of drug-likeness (QED) is 0.520. The van der Waals surface area contributed by atoms with Gasteiger partial charge in [0.2, 0.25) is 5.13 Å². The molecule has 0 saturated carbocycles. The smallest absolute Gasteiger partial charge is 0.288 e. The summed E-state index contributed by atoms with van der Waals surface area (Å²) in [5.41, 5.74) is 2.04. The van der Waals surface area contributed by atoms with Crippen molar-refractivity contribution >= 4 is 45.7 Å². The van der Waals surface area contributed by atoms with Gasteiger partial charge < -0.3 is 5.32 Å². The molecule has 0 amide bonds. The number of nitrogens with one attached hydrogen (secondary N) is 1. The number of benzene rings is 1. The van der Waals surface area contributed by atoms with Gasteiger partial charge in [0.25, 0.3) is 5.76 Å². The maximum Gasteiger partial charge on any atom is 0.288 e. The van der Waals surface area contributed by atoms with Gasteiger partial charge in [0.05, 0.1) is 0 Å². The van der Waals surface area contributed by atoms with Gasteiger partial charge in [0.15, 0.2) is 4.34 Å². The van der Waals surface area contributed by atoms with Crippen molar-refractivity contribution in [1.29, 1.82) is 0 Å². The Kier molecular flexibility index (Phi) is 6.60. The number of anilines is 2. The molecule has 0 saturated heterocycles. The van der Waals surface area contributed by atoms with Crippen LogP contribution in [0.3, 0.4) is 0 Å². The zero-order valence-electron chi connectivity index (χ0n) is 12.9. The fourth-order valence-electron chi connectivity index (χ4n) is 1.97. The van der Waals surface area contributed by atoms with E-state index in [-0.39, 0.29) is 0 Å². The van der Waals surface area contributed by atoms with Gasteiger partial charge in [-0.1, -0.05) is 34.9 Å². The number of aromatic nitrogens is 3. The minimum absolute atomic E-state index is 0.531. The van der Waals surface area contributed by atoms with Crippen molar-refractivity contribution in [2.45, 2.75) is 21.4 Å². The maximum absolute atomic E-state index is 12.3. The van der Waals surface area contributed by atoms with Crippen molar-refractivity contribution < 1.29 is 8.78 Å². The van der Waals surface area contributed by atoms with Gasteiger partial charge in [-0.15, -0.1) is 10.2 Å². The molecule has 1 aromatic carbocycles. The topological polar surface area (TPSA) is 50.7 Å². The van der Waals surface area contributed by atoms with E-state index in [1.807, 2.05) is 12.1 Å². The molecule has 2 heterocycles. The molecular weight excluding hydrogens is 382 g/mol. The molecule has 0 unspecified atom stereocenters. The maximum atomic E-state index is 12.3. The van der Waals surface area contributed by atoms with E-state index in [4.69, 9.17) is 0 Å². The number of alkyl halides is 2. The molecule has 0 spiro atoms. The summed E-state index contributed by atoms with van der Waals surface area (Å²) >= 11 is 3.65. The minimum Gasteiger partial charge on any atom is -0.330 e. The number of rotatable bonds is 8. The third kappa shape index (κ3) is 5.94. The standard InChI is InChI=1S/C16H14F2N4S3/c17-14(18)24-13-3-1-12(2-4-13)20-15-21-22-16(25-15)23-10-7-11-5-8-19-9-6-11/h1-6,8-9,14H,7,10H2,(H,20,21). The average molecular weight is 397 g/mol. The van der Waals surface area contributed by atoms with Gasteiger partial charge in [-0.2, -0.15) is 8.78 Å². The second-order valence-corrected chi connectivity index (χ2v) is 8.24. The normalized spacial score (nSPS) is 11.0. The first-order valence-corrected chi connectivity index (χ1v) is 10.0. The van der Waals surface area contributed by atoms with E-state index in [2.05, 4.69) is 20.5 Å². The third-order valence-electron chi connectivity index (χ3n) is 3.10. The largest absolute Gasteiger partial charge is 0.330 e. The lowest BCUT2D eigenvalue weighted by molar-refractivity contribution is 0.252. The molecule has 25 heavy (non-hydrogen) atoms. The first-order chi connectivity index (χ1) is 12.2. The summed E-state index contributed by atoms with van der Waals surface area (Å²) in [5.74, 6) is -1.49. The number of hydrogen-bond acceptors (Lipinski definition) is 7. The van der Waals surface area contributed by atoms with E-state index in [9.17, 15) is 8.78 Å². The Morgan fingerprint density at radius 1 is 1.04 bits per heavy atom. The summed E-state index contributed by atoms with van der Waals surface area (Å²) in [6.45, 7) is 0. The fraction of sp³-hybridized carbons (Fsp3) is 0.188. The van der Waals surface area contributed by atoms with E-state index in [0.717, 1.165) is 22.2 Å². The Hall–Kier alpha value is -1.71. The molecule has 0 bridgehead atoms. The monoisotopic (exact) mass is 396 g/mol. The van der Waals surface area contributed by atoms with Crippen molar-refractivity contribution in [2.75, 3.05) is 11.1 Å². The van der Waals surface area contributed by atoms with Crippen LogP contribution in [-0.4, -0.2) is 26.7 Å².